The summed E-state index contributed by atoms with van der Waals surface area (Å²) in [4.78, 5) is 46.8. The maximum Gasteiger partial charge on any atom is 0.269 e. The number of rotatable bonds is 5. The van der Waals surface area contributed by atoms with Crippen LogP contribution < -0.4 is 4.90 Å². The summed E-state index contributed by atoms with van der Waals surface area (Å²) in [6.07, 6.45) is 3.06. The number of hydrogen-bond acceptors (Lipinski definition) is 6. The number of nitro benzene ring substituents is 1. The Balaban J connectivity index is 1.46. The second-order valence-corrected chi connectivity index (χ2v) is 6.87. The quantitative estimate of drug-likeness (QED) is 0.396. The highest BCUT2D eigenvalue weighted by molar-refractivity contribution is 6.13. The number of ketones is 1. The van der Waals surface area contributed by atoms with Gasteiger partial charge in [-0.15, -0.1) is 0 Å². The first-order chi connectivity index (χ1) is 14.5. The smallest absolute Gasteiger partial charge is 0.269 e. The van der Waals surface area contributed by atoms with Crippen molar-refractivity contribution in [1.82, 2.24) is 14.9 Å². The lowest BCUT2D eigenvalue weighted by molar-refractivity contribution is -0.384. The van der Waals surface area contributed by atoms with Gasteiger partial charge in [-0.2, -0.15) is 0 Å². The van der Waals surface area contributed by atoms with Gasteiger partial charge >= 0.3 is 0 Å². The standard InChI is InChI=1S/C21H19N5O4/c27-19(20-22-9-10-23-20)17-3-1-2-4-18(17)21(28)25-13-11-24(12-14-25)15-5-7-16(8-6-15)26(29)30/h1-10H,11-14H2,(H,22,23). The Morgan fingerprint density at radius 2 is 1.63 bits per heavy atom. The molecule has 0 aliphatic carbocycles. The topological polar surface area (TPSA) is 112 Å². The van der Waals surface area contributed by atoms with Crippen LogP contribution in [0.3, 0.4) is 0 Å². The van der Waals surface area contributed by atoms with Crippen LogP contribution in [0, 0.1) is 10.1 Å². The molecular weight excluding hydrogens is 386 g/mol. The molecule has 2 heterocycles. The third kappa shape index (κ3) is 3.77. The molecule has 0 radical (unpaired) electrons. The third-order valence-electron chi connectivity index (χ3n) is 5.11. The van der Waals surface area contributed by atoms with Crippen LogP contribution in [0.15, 0.2) is 60.9 Å². The lowest BCUT2D eigenvalue weighted by atomic mass is 10.0. The first kappa shape index (κ1) is 19.3. The van der Waals surface area contributed by atoms with Crippen molar-refractivity contribution in [2.24, 2.45) is 0 Å². The monoisotopic (exact) mass is 405 g/mol. The molecule has 1 aromatic heterocycles. The van der Waals surface area contributed by atoms with Crippen molar-refractivity contribution >= 4 is 23.1 Å². The lowest BCUT2D eigenvalue weighted by Crippen LogP contribution is -2.49. The Morgan fingerprint density at radius 3 is 2.23 bits per heavy atom. The van der Waals surface area contributed by atoms with Gasteiger partial charge in [-0.1, -0.05) is 18.2 Å². The van der Waals surface area contributed by atoms with E-state index in [9.17, 15) is 19.7 Å². The molecule has 0 spiro atoms. The summed E-state index contributed by atoms with van der Waals surface area (Å²) in [5.74, 6) is -0.333. The van der Waals surface area contributed by atoms with E-state index in [0.717, 1.165) is 5.69 Å². The van der Waals surface area contributed by atoms with Crippen molar-refractivity contribution in [1.29, 1.82) is 0 Å². The van der Waals surface area contributed by atoms with E-state index in [-0.39, 0.29) is 23.2 Å². The van der Waals surface area contributed by atoms with E-state index in [1.807, 2.05) is 0 Å². The van der Waals surface area contributed by atoms with Crippen LogP contribution >= 0.6 is 0 Å². The number of nitro groups is 1. The summed E-state index contributed by atoms with van der Waals surface area (Å²) < 4.78 is 0. The molecule has 0 bridgehead atoms. The van der Waals surface area contributed by atoms with Crippen LogP contribution in [0.1, 0.15) is 26.5 Å². The van der Waals surface area contributed by atoms with Crippen LogP contribution in [0.25, 0.3) is 0 Å². The van der Waals surface area contributed by atoms with Gasteiger partial charge in [0.1, 0.15) is 0 Å². The predicted octanol–water partition coefficient (Wildman–Crippen LogP) is 2.51. The highest BCUT2D eigenvalue weighted by Crippen LogP contribution is 2.22. The summed E-state index contributed by atoms with van der Waals surface area (Å²) in [6.45, 7) is 2.16. The predicted molar refractivity (Wildman–Crippen MR) is 110 cm³/mol. The number of carbonyl (C=O) groups is 2. The van der Waals surface area contributed by atoms with Gasteiger partial charge in [0.2, 0.25) is 5.78 Å². The second-order valence-electron chi connectivity index (χ2n) is 6.87. The van der Waals surface area contributed by atoms with Crippen LogP contribution in [-0.4, -0.2) is 57.7 Å². The number of aromatic amines is 1. The highest BCUT2D eigenvalue weighted by atomic mass is 16.6. The van der Waals surface area contributed by atoms with Gasteiger partial charge in [0.25, 0.3) is 11.6 Å². The van der Waals surface area contributed by atoms with E-state index in [4.69, 9.17) is 0 Å². The molecule has 30 heavy (non-hydrogen) atoms. The zero-order valence-corrected chi connectivity index (χ0v) is 16.0. The number of imidazole rings is 1. The Kier molecular flexibility index (Phi) is 5.25. The van der Waals surface area contributed by atoms with E-state index in [2.05, 4.69) is 14.9 Å². The number of non-ortho nitro benzene ring substituents is 1. The van der Waals surface area contributed by atoms with E-state index >= 15 is 0 Å². The Hall–Kier alpha value is -4.01. The zero-order chi connectivity index (χ0) is 21.1. The van der Waals surface area contributed by atoms with Crippen molar-refractivity contribution in [3.8, 4) is 0 Å². The van der Waals surface area contributed by atoms with Crippen LogP contribution in [-0.2, 0) is 0 Å². The number of piperazine rings is 1. The molecule has 0 saturated carbocycles. The molecule has 1 saturated heterocycles. The fourth-order valence-corrected chi connectivity index (χ4v) is 3.51. The van der Waals surface area contributed by atoms with Crippen LogP contribution in [0.2, 0.25) is 0 Å². The fourth-order valence-electron chi connectivity index (χ4n) is 3.51. The number of benzene rings is 2. The maximum atomic E-state index is 13.1. The molecule has 2 aromatic carbocycles. The fraction of sp³-hybridized carbons (Fsp3) is 0.190. The Labute approximate surface area is 172 Å². The molecule has 3 aromatic rings. The first-order valence-electron chi connectivity index (χ1n) is 9.46. The molecular formula is C21H19N5O4. The van der Waals surface area contributed by atoms with E-state index in [1.165, 1.54) is 18.3 Å². The van der Waals surface area contributed by atoms with Gasteiger partial charge in [-0.3, -0.25) is 19.7 Å². The van der Waals surface area contributed by atoms with Crippen molar-refractivity contribution in [3.63, 3.8) is 0 Å². The number of nitrogens with zero attached hydrogens (tertiary/aromatic N) is 4. The molecule has 9 nitrogen and oxygen atoms in total. The van der Waals surface area contributed by atoms with Gasteiger partial charge in [-0.05, 0) is 18.2 Å². The van der Waals surface area contributed by atoms with Gasteiger partial charge in [0.05, 0.1) is 10.5 Å². The highest BCUT2D eigenvalue weighted by Gasteiger charge is 2.26. The number of nitrogens with one attached hydrogen (secondary N) is 1. The summed E-state index contributed by atoms with van der Waals surface area (Å²) in [6, 6.07) is 13.1. The molecule has 1 aliphatic rings. The molecule has 1 amide bonds. The van der Waals surface area contributed by atoms with Gasteiger partial charge in [0, 0.05) is 62.0 Å². The average Bonchev–Trinajstić information content (AvgIpc) is 3.33. The van der Waals surface area contributed by atoms with Gasteiger partial charge < -0.3 is 14.8 Å². The third-order valence-corrected chi connectivity index (χ3v) is 5.11. The van der Waals surface area contributed by atoms with Gasteiger partial charge in [-0.25, -0.2) is 4.98 Å². The van der Waals surface area contributed by atoms with E-state index in [1.54, 1.807) is 47.5 Å². The van der Waals surface area contributed by atoms with Crippen molar-refractivity contribution in [2.75, 3.05) is 31.1 Å². The van der Waals surface area contributed by atoms with Crippen LogP contribution in [0.5, 0.6) is 0 Å². The minimum Gasteiger partial charge on any atom is -0.368 e. The summed E-state index contributed by atoms with van der Waals surface area (Å²) in [7, 11) is 0. The molecule has 1 N–H and O–H groups in total. The molecule has 152 valence electrons. The SMILES string of the molecule is O=C(c1ncc[nH]1)c1ccccc1C(=O)N1CCN(c2ccc([N+](=O)[O-])cc2)CC1. The molecule has 1 aliphatic heterocycles. The minimum absolute atomic E-state index is 0.0467. The van der Waals surface area contributed by atoms with Crippen LogP contribution in [0.4, 0.5) is 11.4 Å². The zero-order valence-electron chi connectivity index (χ0n) is 16.0. The molecule has 0 atom stereocenters. The molecule has 4 rings (SSSR count). The largest absolute Gasteiger partial charge is 0.368 e. The summed E-state index contributed by atoms with van der Waals surface area (Å²) >= 11 is 0. The number of aromatic nitrogens is 2. The van der Waals surface area contributed by atoms with Crippen molar-refractivity contribution in [3.05, 3.63) is 88.0 Å². The van der Waals surface area contributed by atoms with Gasteiger partial charge in [0.15, 0.2) is 5.82 Å². The molecule has 1 fully saturated rings. The molecule has 9 heteroatoms. The number of hydrogen-bond donors (Lipinski definition) is 1. The number of amides is 1. The number of carbonyl (C=O) groups excluding carboxylic acids is 2. The Morgan fingerprint density at radius 1 is 0.967 bits per heavy atom. The van der Waals surface area contributed by atoms with E-state index < -0.39 is 4.92 Å². The van der Waals surface area contributed by atoms with E-state index in [0.29, 0.717) is 37.3 Å². The first-order valence-corrected chi connectivity index (χ1v) is 9.46. The number of H-pyrrole nitrogens is 1. The summed E-state index contributed by atoms with van der Waals surface area (Å²) in [5.41, 5.74) is 1.59. The van der Waals surface area contributed by atoms with Crippen molar-refractivity contribution in [2.45, 2.75) is 0 Å². The normalized spacial score (nSPS) is 13.9. The Bertz CT molecular complexity index is 1070. The van der Waals surface area contributed by atoms with Crippen molar-refractivity contribution < 1.29 is 14.5 Å². The minimum atomic E-state index is -0.429. The number of anilines is 1. The lowest BCUT2D eigenvalue weighted by Gasteiger charge is -2.36. The maximum absolute atomic E-state index is 13.1. The second kappa shape index (κ2) is 8.16. The summed E-state index contributed by atoms with van der Waals surface area (Å²) in [5, 5.41) is 10.8. The average molecular weight is 405 g/mol. The molecule has 0 unspecified atom stereocenters.